The molecule has 0 bridgehead atoms. The minimum absolute atomic E-state index is 0. The van der Waals surface area contributed by atoms with Crippen LogP contribution >= 0.6 is 12.4 Å². The van der Waals surface area contributed by atoms with E-state index in [0.29, 0.717) is 5.92 Å². The lowest BCUT2D eigenvalue weighted by Gasteiger charge is -2.21. The molecule has 17 heavy (non-hydrogen) atoms. The first-order valence-electron chi connectivity index (χ1n) is 5.71. The smallest absolute Gasteiger partial charge is 0.119 e. The third-order valence-electron chi connectivity index (χ3n) is 3.31. The van der Waals surface area contributed by atoms with E-state index in [1.54, 1.807) is 7.11 Å². The molecule has 4 heteroatoms. The van der Waals surface area contributed by atoms with Gasteiger partial charge in [0.05, 0.1) is 19.3 Å². The normalized spacial score (nSPS) is 18.1. The third-order valence-corrected chi connectivity index (χ3v) is 3.31. The molecule has 1 aliphatic rings. The Bertz CT molecular complexity index is 380. The molecule has 1 aromatic carbocycles. The number of aliphatic hydroxyl groups is 1. The van der Waals surface area contributed by atoms with Gasteiger partial charge in [0, 0.05) is 0 Å². The van der Waals surface area contributed by atoms with E-state index in [1.165, 1.54) is 0 Å². The van der Waals surface area contributed by atoms with Gasteiger partial charge in [-0.15, -0.1) is 12.4 Å². The first-order chi connectivity index (χ1) is 7.63. The Balaban J connectivity index is 0.00000144. The van der Waals surface area contributed by atoms with Crippen molar-refractivity contribution in [1.82, 2.24) is 0 Å². The molecule has 1 saturated carbocycles. The largest absolute Gasteiger partial charge is 0.497 e. The Hall–Kier alpha value is -0.770. The number of hydrogen-bond acceptors (Lipinski definition) is 3. The van der Waals surface area contributed by atoms with Crippen LogP contribution in [0.1, 0.15) is 30.0 Å². The van der Waals surface area contributed by atoms with Crippen molar-refractivity contribution in [2.45, 2.75) is 31.9 Å². The van der Waals surface area contributed by atoms with Crippen molar-refractivity contribution in [1.29, 1.82) is 0 Å². The molecule has 1 aliphatic carbocycles. The number of benzene rings is 1. The van der Waals surface area contributed by atoms with Gasteiger partial charge >= 0.3 is 0 Å². The molecule has 0 unspecified atom stereocenters. The molecule has 0 radical (unpaired) electrons. The summed E-state index contributed by atoms with van der Waals surface area (Å²) in [6.07, 6.45) is 1.79. The Labute approximate surface area is 108 Å². The van der Waals surface area contributed by atoms with Gasteiger partial charge in [-0.25, -0.2) is 0 Å². The lowest BCUT2D eigenvalue weighted by Crippen LogP contribution is -2.28. The van der Waals surface area contributed by atoms with Crippen molar-refractivity contribution in [3.63, 3.8) is 0 Å². The zero-order valence-electron chi connectivity index (χ0n) is 10.2. The van der Waals surface area contributed by atoms with Gasteiger partial charge in [-0.2, -0.15) is 0 Å². The minimum atomic E-state index is -0.410. The minimum Gasteiger partial charge on any atom is -0.497 e. The fourth-order valence-corrected chi connectivity index (χ4v) is 2.06. The molecule has 0 amide bonds. The molecule has 2 atom stereocenters. The van der Waals surface area contributed by atoms with E-state index in [0.717, 1.165) is 29.7 Å². The first-order valence-corrected chi connectivity index (χ1v) is 5.71. The number of rotatable bonds is 4. The van der Waals surface area contributed by atoms with Gasteiger partial charge in [0.2, 0.25) is 0 Å². The van der Waals surface area contributed by atoms with Crippen LogP contribution in [-0.2, 0) is 0 Å². The van der Waals surface area contributed by atoms with E-state index < -0.39 is 6.10 Å². The lowest BCUT2D eigenvalue weighted by atomic mass is 9.95. The molecule has 3 nitrogen and oxygen atoms in total. The summed E-state index contributed by atoms with van der Waals surface area (Å²) in [7, 11) is 1.65. The van der Waals surface area contributed by atoms with Gasteiger partial charge < -0.3 is 15.6 Å². The number of ether oxygens (including phenoxy) is 1. The van der Waals surface area contributed by atoms with Gasteiger partial charge in [0.15, 0.2) is 0 Å². The van der Waals surface area contributed by atoms with Crippen LogP contribution in [0.4, 0.5) is 0 Å². The maximum absolute atomic E-state index is 10.0. The molecule has 0 aromatic heterocycles. The molecule has 3 N–H and O–H groups in total. The standard InChI is InChI=1S/C13H19NO2.ClH/c1-8-7-10(16-2)5-6-11(8)12(14)13(15)9-3-4-9;/h5-7,9,12-13,15H,3-4,14H2,1-2H3;1H/t12-,13+;/m0./s1. The zero-order chi connectivity index (χ0) is 11.7. The number of aliphatic hydroxyl groups excluding tert-OH is 1. The van der Waals surface area contributed by atoms with Crippen molar-refractivity contribution in [3.05, 3.63) is 29.3 Å². The van der Waals surface area contributed by atoms with Gasteiger partial charge in [0.25, 0.3) is 0 Å². The quantitative estimate of drug-likeness (QED) is 0.870. The second-order valence-electron chi connectivity index (χ2n) is 4.58. The molecular weight excluding hydrogens is 238 g/mol. The van der Waals surface area contributed by atoms with Gasteiger partial charge in [-0.3, -0.25) is 0 Å². The Morgan fingerprint density at radius 1 is 1.41 bits per heavy atom. The van der Waals surface area contributed by atoms with Gasteiger partial charge in [0.1, 0.15) is 5.75 Å². The van der Waals surface area contributed by atoms with E-state index in [1.807, 2.05) is 25.1 Å². The molecule has 0 heterocycles. The summed E-state index contributed by atoms with van der Waals surface area (Å²) >= 11 is 0. The molecule has 1 fully saturated rings. The monoisotopic (exact) mass is 257 g/mol. The Morgan fingerprint density at radius 2 is 2.06 bits per heavy atom. The van der Waals surface area contributed by atoms with Crippen LogP contribution in [0.3, 0.4) is 0 Å². The van der Waals surface area contributed by atoms with E-state index in [2.05, 4.69) is 0 Å². The highest BCUT2D eigenvalue weighted by Gasteiger charge is 2.34. The highest BCUT2D eigenvalue weighted by molar-refractivity contribution is 5.85. The highest BCUT2D eigenvalue weighted by atomic mass is 35.5. The lowest BCUT2D eigenvalue weighted by molar-refractivity contribution is 0.122. The molecule has 0 saturated heterocycles. The molecular formula is C13H20ClNO2. The van der Waals surface area contributed by atoms with Crippen LogP contribution in [0.15, 0.2) is 18.2 Å². The van der Waals surface area contributed by atoms with E-state index in [-0.39, 0.29) is 18.4 Å². The topological polar surface area (TPSA) is 55.5 Å². The van der Waals surface area contributed by atoms with Crippen LogP contribution in [0, 0.1) is 12.8 Å². The molecule has 96 valence electrons. The summed E-state index contributed by atoms with van der Waals surface area (Å²) in [6, 6.07) is 5.51. The van der Waals surface area contributed by atoms with Crippen LogP contribution in [-0.4, -0.2) is 18.3 Å². The first kappa shape index (κ1) is 14.3. The molecule has 0 aliphatic heterocycles. The van der Waals surface area contributed by atoms with Crippen LogP contribution in [0.5, 0.6) is 5.75 Å². The number of halogens is 1. The molecule has 2 rings (SSSR count). The van der Waals surface area contributed by atoms with Crippen LogP contribution < -0.4 is 10.5 Å². The van der Waals surface area contributed by atoms with Crippen molar-refractivity contribution < 1.29 is 9.84 Å². The molecule has 0 spiro atoms. The summed E-state index contributed by atoms with van der Waals surface area (Å²) in [5.74, 6) is 1.23. The van der Waals surface area contributed by atoms with Crippen molar-refractivity contribution in [2.75, 3.05) is 7.11 Å². The fourth-order valence-electron chi connectivity index (χ4n) is 2.06. The van der Waals surface area contributed by atoms with Crippen molar-refractivity contribution in [2.24, 2.45) is 11.7 Å². The third kappa shape index (κ3) is 3.12. The summed E-state index contributed by atoms with van der Waals surface area (Å²) in [4.78, 5) is 0. The van der Waals surface area contributed by atoms with E-state index in [9.17, 15) is 5.11 Å². The average Bonchev–Trinajstić information content (AvgIpc) is 3.10. The van der Waals surface area contributed by atoms with E-state index >= 15 is 0 Å². The maximum atomic E-state index is 10.0. The zero-order valence-corrected chi connectivity index (χ0v) is 11.0. The SMILES string of the molecule is COc1ccc([C@H](N)[C@H](O)C2CC2)c(C)c1.Cl. The second-order valence-corrected chi connectivity index (χ2v) is 4.58. The predicted molar refractivity (Wildman–Crippen MR) is 70.6 cm³/mol. The number of aryl methyl sites for hydroxylation is 1. The Kier molecular flexibility index (Phi) is 4.80. The van der Waals surface area contributed by atoms with Crippen LogP contribution in [0.25, 0.3) is 0 Å². The maximum Gasteiger partial charge on any atom is 0.119 e. The van der Waals surface area contributed by atoms with Crippen molar-refractivity contribution in [3.8, 4) is 5.75 Å². The van der Waals surface area contributed by atoms with Crippen LogP contribution in [0.2, 0.25) is 0 Å². The summed E-state index contributed by atoms with van der Waals surface area (Å²) in [5.41, 5.74) is 8.17. The fraction of sp³-hybridized carbons (Fsp3) is 0.538. The second kappa shape index (κ2) is 5.71. The number of methoxy groups -OCH3 is 1. The highest BCUT2D eigenvalue weighted by Crippen LogP contribution is 2.38. The number of hydrogen-bond donors (Lipinski definition) is 2. The summed E-state index contributed by atoms with van der Waals surface area (Å²) < 4.78 is 5.15. The van der Waals surface area contributed by atoms with Crippen molar-refractivity contribution >= 4 is 12.4 Å². The number of nitrogens with two attached hydrogens (primary N) is 1. The van der Waals surface area contributed by atoms with Gasteiger partial charge in [-0.1, -0.05) is 6.07 Å². The van der Waals surface area contributed by atoms with E-state index in [4.69, 9.17) is 10.5 Å². The summed E-state index contributed by atoms with van der Waals surface area (Å²) in [6.45, 7) is 2.00. The predicted octanol–water partition coefficient (Wildman–Crippen LogP) is 2.20. The summed E-state index contributed by atoms with van der Waals surface area (Å²) in [5, 5.41) is 10.0. The average molecular weight is 258 g/mol. The Morgan fingerprint density at radius 3 is 2.53 bits per heavy atom. The molecule has 1 aromatic rings. The van der Waals surface area contributed by atoms with Gasteiger partial charge in [-0.05, 0) is 48.9 Å².